The summed E-state index contributed by atoms with van der Waals surface area (Å²) in [6.45, 7) is 0. The van der Waals surface area contributed by atoms with Crippen molar-refractivity contribution in [1.82, 2.24) is 4.98 Å². The van der Waals surface area contributed by atoms with Crippen molar-refractivity contribution < 1.29 is 9.90 Å². The van der Waals surface area contributed by atoms with E-state index in [1.807, 2.05) is 0 Å². The van der Waals surface area contributed by atoms with Gasteiger partial charge in [0.2, 0.25) is 0 Å². The van der Waals surface area contributed by atoms with E-state index in [4.69, 9.17) is 5.11 Å². The van der Waals surface area contributed by atoms with Gasteiger partial charge >= 0.3 is 5.97 Å². The smallest absolute Gasteiger partial charge is 0.341 e. The Bertz CT molecular complexity index is 532. The summed E-state index contributed by atoms with van der Waals surface area (Å²) >= 11 is 0. The standard InChI is InChI=1S/C13H15NO3/c15-12-10(13(16)17)6-9-8-4-2-1-3-7(8)5-11(9)14-12/h6-8H,1-5H2,(H,14,15)(H,16,17). The summed E-state index contributed by atoms with van der Waals surface area (Å²) in [4.78, 5) is 25.3. The average Bonchev–Trinajstić information content (AvgIpc) is 2.64. The van der Waals surface area contributed by atoms with Gasteiger partial charge < -0.3 is 10.1 Å². The molecule has 0 aromatic carbocycles. The minimum absolute atomic E-state index is 0.116. The van der Waals surface area contributed by atoms with E-state index in [-0.39, 0.29) is 5.56 Å². The van der Waals surface area contributed by atoms with Crippen LogP contribution in [0.5, 0.6) is 0 Å². The van der Waals surface area contributed by atoms with E-state index in [2.05, 4.69) is 4.98 Å². The van der Waals surface area contributed by atoms with E-state index < -0.39 is 11.5 Å². The van der Waals surface area contributed by atoms with Crippen molar-refractivity contribution in [3.8, 4) is 0 Å². The third kappa shape index (κ3) is 1.59. The highest BCUT2D eigenvalue weighted by Crippen LogP contribution is 2.45. The fourth-order valence-corrected chi connectivity index (χ4v) is 3.37. The van der Waals surface area contributed by atoms with Crippen molar-refractivity contribution in [2.75, 3.05) is 0 Å². The number of pyridine rings is 1. The number of nitrogens with one attached hydrogen (secondary N) is 1. The van der Waals surface area contributed by atoms with Crippen molar-refractivity contribution in [2.45, 2.75) is 38.0 Å². The summed E-state index contributed by atoms with van der Waals surface area (Å²) in [7, 11) is 0. The van der Waals surface area contributed by atoms with Crippen LogP contribution in [-0.2, 0) is 6.42 Å². The molecule has 2 atom stereocenters. The summed E-state index contributed by atoms with van der Waals surface area (Å²) in [5.41, 5.74) is 1.47. The highest BCUT2D eigenvalue weighted by atomic mass is 16.4. The summed E-state index contributed by atoms with van der Waals surface area (Å²) in [6.07, 6.45) is 5.70. The van der Waals surface area contributed by atoms with E-state index >= 15 is 0 Å². The fraction of sp³-hybridized carbons (Fsp3) is 0.538. The molecule has 2 N–H and O–H groups in total. The molecule has 1 saturated carbocycles. The van der Waals surface area contributed by atoms with Gasteiger partial charge in [-0.15, -0.1) is 0 Å². The quantitative estimate of drug-likeness (QED) is 0.778. The Kier molecular flexibility index (Phi) is 2.31. The molecule has 0 bridgehead atoms. The van der Waals surface area contributed by atoms with Crippen molar-refractivity contribution in [3.05, 3.63) is 33.2 Å². The monoisotopic (exact) mass is 233 g/mol. The second kappa shape index (κ2) is 3.72. The van der Waals surface area contributed by atoms with Crippen LogP contribution in [0.15, 0.2) is 10.9 Å². The molecule has 4 nitrogen and oxygen atoms in total. The molecule has 1 heterocycles. The van der Waals surface area contributed by atoms with Crippen LogP contribution >= 0.6 is 0 Å². The van der Waals surface area contributed by atoms with Crippen LogP contribution in [0.2, 0.25) is 0 Å². The van der Waals surface area contributed by atoms with E-state index in [9.17, 15) is 9.59 Å². The second-order valence-corrected chi connectivity index (χ2v) is 5.11. The second-order valence-electron chi connectivity index (χ2n) is 5.11. The van der Waals surface area contributed by atoms with E-state index in [1.165, 1.54) is 19.3 Å². The van der Waals surface area contributed by atoms with E-state index in [0.29, 0.717) is 11.8 Å². The molecule has 1 aromatic heterocycles. The molecule has 0 saturated heterocycles. The Morgan fingerprint density at radius 2 is 2.12 bits per heavy atom. The molecule has 90 valence electrons. The number of aromatic carboxylic acids is 1. The molecule has 17 heavy (non-hydrogen) atoms. The van der Waals surface area contributed by atoms with Gasteiger partial charge in [0.25, 0.3) is 5.56 Å². The Labute approximate surface area is 98.7 Å². The Balaban J connectivity index is 2.09. The zero-order valence-corrected chi connectivity index (χ0v) is 9.53. The predicted molar refractivity (Wildman–Crippen MR) is 62.4 cm³/mol. The lowest BCUT2D eigenvalue weighted by molar-refractivity contribution is 0.0694. The molecule has 0 aliphatic heterocycles. The first-order valence-corrected chi connectivity index (χ1v) is 6.16. The molecule has 2 unspecified atom stereocenters. The first-order valence-electron chi connectivity index (χ1n) is 6.16. The van der Waals surface area contributed by atoms with Crippen LogP contribution in [0.3, 0.4) is 0 Å². The number of carboxylic acid groups (broad SMARTS) is 1. The average molecular weight is 233 g/mol. The minimum atomic E-state index is -1.13. The topological polar surface area (TPSA) is 70.2 Å². The number of carboxylic acids is 1. The van der Waals surface area contributed by atoms with Crippen LogP contribution < -0.4 is 5.56 Å². The van der Waals surface area contributed by atoms with Crippen molar-refractivity contribution in [1.29, 1.82) is 0 Å². The molecule has 4 heteroatoms. The fourth-order valence-electron chi connectivity index (χ4n) is 3.37. The van der Waals surface area contributed by atoms with Gasteiger partial charge in [0, 0.05) is 5.69 Å². The Morgan fingerprint density at radius 3 is 2.88 bits per heavy atom. The van der Waals surface area contributed by atoms with Gasteiger partial charge in [0.05, 0.1) is 0 Å². The summed E-state index contributed by atoms with van der Waals surface area (Å²) in [5.74, 6) is -0.0551. The molecule has 1 aromatic rings. The van der Waals surface area contributed by atoms with Gasteiger partial charge in [-0.25, -0.2) is 4.79 Å². The molecule has 2 aliphatic rings. The summed E-state index contributed by atoms with van der Waals surface area (Å²) < 4.78 is 0. The number of hydrogen-bond acceptors (Lipinski definition) is 2. The Morgan fingerprint density at radius 1 is 1.35 bits per heavy atom. The molecule has 2 aliphatic carbocycles. The van der Waals surface area contributed by atoms with Crippen LogP contribution in [0.1, 0.15) is 53.2 Å². The summed E-state index contributed by atoms with van der Waals surface area (Å²) in [5, 5.41) is 8.97. The first-order chi connectivity index (χ1) is 8.16. The Hall–Kier alpha value is -1.58. The van der Waals surface area contributed by atoms with Gasteiger partial charge in [-0.3, -0.25) is 4.79 Å². The molecule has 0 amide bonds. The number of fused-ring (bicyclic) bond motifs is 3. The molecule has 1 fully saturated rings. The van der Waals surface area contributed by atoms with E-state index in [1.54, 1.807) is 6.07 Å². The molecular weight excluding hydrogens is 218 g/mol. The SMILES string of the molecule is O=C(O)c1cc2c([nH]c1=O)CC1CCCCC21. The van der Waals surface area contributed by atoms with Crippen molar-refractivity contribution >= 4 is 5.97 Å². The lowest BCUT2D eigenvalue weighted by atomic mass is 9.80. The van der Waals surface area contributed by atoms with Gasteiger partial charge in [-0.05, 0) is 42.7 Å². The predicted octanol–water partition coefficient (Wildman–Crippen LogP) is 1.90. The van der Waals surface area contributed by atoms with Crippen LogP contribution in [0.4, 0.5) is 0 Å². The van der Waals surface area contributed by atoms with Crippen LogP contribution in [0.25, 0.3) is 0 Å². The van der Waals surface area contributed by atoms with Crippen molar-refractivity contribution in [3.63, 3.8) is 0 Å². The molecular formula is C13H15NO3. The van der Waals surface area contributed by atoms with Crippen LogP contribution in [-0.4, -0.2) is 16.1 Å². The highest BCUT2D eigenvalue weighted by molar-refractivity contribution is 5.87. The zero-order chi connectivity index (χ0) is 12.0. The number of carbonyl (C=O) groups is 1. The maximum Gasteiger partial charge on any atom is 0.341 e. The number of H-pyrrole nitrogens is 1. The van der Waals surface area contributed by atoms with Gasteiger partial charge in [0.1, 0.15) is 5.56 Å². The van der Waals surface area contributed by atoms with Crippen molar-refractivity contribution in [2.24, 2.45) is 5.92 Å². The molecule has 0 radical (unpaired) electrons. The van der Waals surface area contributed by atoms with E-state index in [0.717, 1.165) is 24.1 Å². The minimum Gasteiger partial charge on any atom is -0.477 e. The number of aromatic amines is 1. The number of hydrogen-bond donors (Lipinski definition) is 2. The van der Waals surface area contributed by atoms with Gasteiger partial charge in [-0.2, -0.15) is 0 Å². The maximum absolute atomic E-state index is 11.6. The lowest BCUT2D eigenvalue weighted by Crippen LogP contribution is -2.19. The van der Waals surface area contributed by atoms with Gasteiger partial charge in [0.15, 0.2) is 0 Å². The summed E-state index contributed by atoms with van der Waals surface area (Å²) in [6, 6.07) is 1.60. The highest BCUT2D eigenvalue weighted by Gasteiger charge is 2.35. The molecule has 0 spiro atoms. The number of aromatic nitrogens is 1. The zero-order valence-electron chi connectivity index (χ0n) is 9.53. The maximum atomic E-state index is 11.6. The third-order valence-electron chi connectivity index (χ3n) is 4.16. The number of rotatable bonds is 1. The lowest BCUT2D eigenvalue weighted by Gasteiger charge is -2.25. The van der Waals surface area contributed by atoms with Crippen LogP contribution in [0, 0.1) is 5.92 Å². The normalized spacial score (nSPS) is 26.4. The third-order valence-corrected chi connectivity index (χ3v) is 4.16. The molecule has 3 rings (SSSR count). The largest absolute Gasteiger partial charge is 0.477 e. The van der Waals surface area contributed by atoms with Gasteiger partial charge in [-0.1, -0.05) is 12.8 Å². The first kappa shape index (κ1) is 10.6.